The van der Waals surface area contributed by atoms with E-state index in [1.54, 1.807) is 11.0 Å². The maximum Gasteiger partial charge on any atom is 0.271 e. The fourth-order valence-electron chi connectivity index (χ4n) is 2.87. The summed E-state index contributed by atoms with van der Waals surface area (Å²) in [7, 11) is 0. The fourth-order valence-corrected chi connectivity index (χ4v) is 2.87. The van der Waals surface area contributed by atoms with E-state index in [0.29, 0.717) is 31.5 Å². The molecule has 136 valence electrons. The Labute approximate surface area is 147 Å². The monoisotopic (exact) mass is 361 g/mol. The number of piperidine rings is 1. The first-order valence-electron chi connectivity index (χ1n) is 8.02. The average Bonchev–Trinajstić information content (AvgIpc) is 3.17. The maximum absolute atomic E-state index is 13.8. The SMILES string of the molecule is O=C(Nc1cc([N+](=O)[O-])ccc1F)C1CCN(C(=O)c2ccoc2)CC1. The molecule has 8 nitrogen and oxygen atoms in total. The molecule has 2 amide bonds. The molecule has 1 N–H and O–H groups in total. The molecular weight excluding hydrogens is 345 g/mol. The molecule has 0 unspecified atom stereocenters. The Morgan fingerprint density at radius 1 is 1.27 bits per heavy atom. The number of amides is 2. The molecule has 0 spiro atoms. The average molecular weight is 361 g/mol. The summed E-state index contributed by atoms with van der Waals surface area (Å²) in [6.45, 7) is 0.777. The van der Waals surface area contributed by atoms with Gasteiger partial charge in [0.1, 0.15) is 12.1 Å². The molecule has 1 aliphatic rings. The highest BCUT2D eigenvalue weighted by Gasteiger charge is 2.28. The lowest BCUT2D eigenvalue weighted by atomic mass is 9.95. The maximum atomic E-state index is 13.8. The molecule has 0 radical (unpaired) electrons. The Morgan fingerprint density at radius 2 is 2.00 bits per heavy atom. The number of hydrogen-bond acceptors (Lipinski definition) is 5. The van der Waals surface area contributed by atoms with Crippen LogP contribution < -0.4 is 5.32 Å². The van der Waals surface area contributed by atoms with E-state index in [1.165, 1.54) is 12.5 Å². The lowest BCUT2D eigenvalue weighted by Crippen LogP contribution is -2.41. The van der Waals surface area contributed by atoms with Crippen molar-refractivity contribution in [3.05, 3.63) is 58.3 Å². The summed E-state index contributed by atoms with van der Waals surface area (Å²) in [5.41, 5.74) is -0.0742. The van der Waals surface area contributed by atoms with Crippen LogP contribution in [-0.4, -0.2) is 34.7 Å². The minimum absolute atomic E-state index is 0.165. The van der Waals surface area contributed by atoms with Crippen molar-refractivity contribution in [2.75, 3.05) is 18.4 Å². The summed E-state index contributed by atoms with van der Waals surface area (Å²) in [6.07, 6.45) is 3.63. The van der Waals surface area contributed by atoms with Crippen molar-refractivity contribution in [2.45, 2.75) is 12.8 Å². The number of hydrogen-bond donors (Lipinski definition) is 1. The molecule has 0 aliphatic carbocycles. The second-order valence-corrected chi connectivity index (χ2v) is 5.99. The molecule has 1 aromatic heterocycles. The van der Waals surface area contributed by atoms with Crippen molar-refractivity contribution in [2.24, 2.45) is 5.92 Å². The second-order valence-electron chi connectivity index (χ2n) is 5.99. The zero-order valence-electron chi connectivity index (χ0n) is 13.7. The van der Waals surface area contributed by atoms with Crippen LogP contribution in [0.3, 0.4) is 0 Å². The standard InChI is InChI=1S/C17H16FN3O5/c18-14-2-1-13(21(24)25)9-15(14)19-16(22)11-3-6-20(7-4-11)17(23)12-5-8-26-10-12/h1-2,5,8-11H,3-4,6-7H2,(H,19,22). The van der Waals surface area contributed by atoms with Crippen LogP contribution in [0.5, 0.6) is 0 Å². The lowest BCUT2D eigenvalue weighted by molar-refractivity contribution is -0.384. The molecule has 2 heterocycles. The van der Waals surface area contributed by atoms with Crippen LogP contribution in [0, 0.1) is 21.8 Å². The molecule has 1 saturated heterocycles. The first-order chi connectivity index (χ1) is 12.5. The molecule has 1 aliphatic heterocycles. The number of anilines is 1. The van der Waals surface area contributed by atoms with Crippen molar-refractivity contribution in [1.29, 1.82) is 0 Å². The van der Waals surface area contributed by atoms with Gasteiger partial charge in [0.2, 0.25) is 5.91 Å². The molecule has 2 aromatic rings. The fraction of sp³-hybridized carbons (Fsp3) is 0.294. The number of non-ortho nitro benzene ring substituents is 1. The first-order valence-corrected chi connectivity index (χ1v) is 8.02. The molecular formula is C17H16FN3O5. The number of nitro benzene ring substituents is 1. The minimum Gasteiger partial charge on any atom is -0.472 e. The Hall–Kier alpha value is -3.23. The summed E-state index contributed by atoms with van der Waals surface area (Å²) in [5.74, 6) is -1.72. The summed E-state index contributed by atoms with van der Waals surface area (Å²) in [4.78, 5) is 36.3. The smallest absolute Gasteiger partial charge is 0.271 e. The summed E-state index contributed by atoms with van der Waals surface area (Å²) < 4.78 is 18.7. The van der Waals surface area contributed by atoms with Gasteiger partial charge in [0.25, 0.3) is 11.6 Å². The van der Waals surface area contributed by atoms with Crippen LogP contribution in [0.15, 0.2) is 41.2 Å². The second kappa shape index (κ2) is 7.34. The van der Waals surface area contributed by atoms with Crippen molar-refractivity contribution in [3.8, 4) is 0 Å². The Kier molecular flexibility index (Phi) is 4.97. The first kappa shape index (κ1) is 17.6. The topological polar surface area (TPSA) is 106 Å². The third-order valence-electron chi connectivity index (χ3n) is 4.34. The van der Waals surface area contributed by atoms with E-state index in [1.807, 2.05) is 0 Å². The highest BCUT2D eigenvalue weighted by molar-refractivity contribution is 5.95. The van der Waals surface area contributed by atoms with Gasteiger partial charge in [-0.25, -0.2) is 4.39 Å². The zero-order valence-corrected chi connectivity index (χ0v) is 13.7. The Bertz CT molecular complexity index is 829. The Morgan fingerprint density at radius 3 is 2.62 bits per heavy atom. The van der Waals surface area contributed by atoms with Gasteiger partial charge in [0.15, 0.2) is 0 Å². The van der Waals surface area contributed by atoms with Crippen molar-refractivity contribution >= 4 is 23.2 Å². The van der Waals surface area contributed by atoms with Crippen molar-refractivity contribution in [3.63, 3.8) is 0 Å². The quantitative estimate of drug-likeness (QED) is 0.666. The van der Waals surface area contributed by atoms with E-state index < -0.39 is 22.6 Å². The number of nitro groups is 1. The lowest BCUT2D eigenvalue weighted by Gasteiger charge is -2.31. The summed E-state index contributed by atoms with van der Waals surface area (Å²) >= 11 is 0. The van der Waals surface area contributed by atoms with E-state index in [-0.39, 0.29) is 17.3 Å². The van der Waals surface area contributed by atoms with Gasteiger partial charge in [-0.15, -0.1) is 0 Å². The van der Waals surface area contributed by atoms with Crippen LogP contribution in [0.1, 0.15) is 23.2 Å². The number of furan rings is 1. The number of carbonyl (C=O) groups is 2. The van der Waals surface area contributed by atoms with Crippen molar-refractivity contribution in [1.82, 2.24) is 4.90 Å². The van der Waals surface area contributed by atoms with Crippen LogP contribution in [0.2, 0.25) is 0 Å². The minimum atomic E-state index is -0.739. The van der Waals surface area contributed by atoms with Gasteiger partial charge in [-0.2, -0.15) is 0 Å². The number of nitrogens with zero attached hydrogens (tertiary/aromatic N) is 2. The van der Waals surface area contributed by atoms with Gasteiger partial charge >= 0.3 is 0 Å². The molecule has 0 bridgehead atoms. The van der Waals surface area contributed by atoms with E-state index in [9.17, 15) is 24.1 Å². The van der Waals surface area contributed by atoms with Crippen LogP contribution in [0.4, 0.5) is 15.8 Å². The van der Waals surface area contributed by atoms with Crippen molar-refractivity contribution < 1.29 is 23.3 Å². The van der Waals surface area contributed by atoms with Gasteiger partial charge in [-0.3, -0.25) is 19.7 Å². The number of likely N-dealkylation sites (tertiary alicyclic amines) is 1. The predicted octanol–water partition coefficient (Wildman–Crippen LogP) is 2.82. The largest absolute Gasteiger partial charge is 0.472 e. The van der Waals surface area contributed by atoms with Crippen LogP contribution in [-0.2, 0) is 4.79 Å². The number of carbonyl (C=O) groups excluding carboxylic acids is 2. The van der Waals surface area contributed by atoms with Crippen LogP contribution in [0.25, 0.3) is 0 Å². The van der Waals surface area contributed by atoms with Gasteiger partial charge in [-0.1, -0.05) is 0 Å². The zero-order chi connectivity index (χ0) is 18.7. The molecule has 0 saturated carbocycles. The summed E-state index contributed by atoms with van der Waals surface area (Å²) in [5, 5.41) is 13.2. The van der Waals surface area contributed by atoms with E-state index in [4.69, 9.17) is 4.42 Å². The summed E-state index contributed by atoms with van der Waals surface area (Å²) in [6, 6.07) is 4.54. The van der Waals surface area contributed by atoms with Gasteiger partial charge in [0, 0.05) is 31.1 Å². The van der Waals surface area contributed by atoms with Gasteiger partial charge < -0.3 is 14.6 Å². The van der Waals surface area contributed by atoms with Gasteiger partial charge in [0.05, 0.1) is 22.4 Å². The normalized spacial score (nSPS) is 14.9. The predicted molar refractivity (Wildman–Crippen MR) is 89.0 cm³/mol. The molecule has 0 atom stereocenters. The Balaban J connectivity index is 1.60. The number of rotatable bonds is 4. The number of benzene rings is 1. The molecule has 1 fully saturated rings. The highest BCUT2D eigenvalue weighted by atomic mass is 19.1. The molecule has 1 aromatic carbocycles. The van der Waals surface area contributed by atoms with E-state index in [0.717, 1.165) is 18.2 Å². The number of halogens is 1. The highest BCUT2D eigenvalue weighted by Crippen LogP contribution is 2.24. The molecule has 9 heteroatoms. The molecule has 26 heavy (non-hydrogen) atoms. The van der Waals surface area contributed by atoms with Gasteiger partial charge in [-0.05, 0) is 25.0 Å². The third kappa shape index (κ3) is 3.71. The third-order valence-corrected chi connectivity index (χ3v) is 4.34. The molecule has 3 rings (SSSR count). The van der Waals surface area contributed by atoms with E-state index in [2.05, 4.69) is 5.32 Å². The van der Waals surface area contributed by atoms with E-state index >= 15 is 0 Å². The number of nitrogens with one attached hydrogen (secondary N) is 1. The van der Waals surface area contributed by atoms with Crippen LogP contribution >= 0.6 is 0 Å².